The second kappa shape index (κ2) is 5.48. The van der Waals surface area contributed by atoms with Crippen LogP contribution in [0, 0.1) is 5.92 Å². The largest absolute Gasteiger partial charge is 0.374 e. The highest BCUT2D eigenvalue weighted by atomic mass is 16.5. The lowest BCUT2D eigenvalue weighted by molar-refractivity contribution is -0.0141. The topological polar surface area (TPSA) is 38.5 Å². The Morgan fingerprint density at radius 1 is 1.17 bits per heavy atom. The van der Waals surface area contributed by atoms with E-state index in [2.05, 4.69) is 11.8 Å². The fourth-order valence-electron chi connectivity index (χ4n) is 4.47. The maximum absolute atomic E-state index is 6.08. The van der Waals surface area contributed by atoms with Gasteiger partial charge in [-0.1, -0.05) is 12.8 Å². The Balaban J connectivity index is 1.68. The summed E-state index contributed by atoms with van der Waals surface area (Å²) >= 11 is 0. The van der Waals surface area contributed by atoms with E-state index in [1.54, 1.807) is 0 Å². The summed E-state index contributed by atoms with van der Waals surface area (Å²) in [6.07, 6.45) is 10.3. The third kappa shape index (κ3) is 2.33. The predicted octanol–water partition coefficient (Wildman–Crippen LogP) is 2.15. The van der Waals surface area contributed by atoms with Crippen LogP contribution in [0.1, 0.15) is 51.9 Å². The molecule has 104 valence electrons. The first-order chi connectivity index (χ1) is 8.79. The number of nitrogens with two attached hydrogens (primary N) is 1. The summed E-state index contributed by atoms with van der Waals surface area (Å²) in [7, 11) is 0. The van der Waals surface area contributed by atoms with Crippen LogP contribution in [0.5, 0.6) is 0 Å². The van der Waals surface area contributed by atoms with Crippen molar-refractivity contribution < 1.29 is 4.74 Å². The Labute approximate surface area is 111 Å². The quantitative estimate of drug-likeness (QED) is 0.836. The highest BCUT2D eigenvalue weighted by Crippen LogP contribution is 2.39. The van der Waals surface area contributed by atoms with Crippen LogP contribution in [-0.2, 0) is 4.74 Å². The van der Waals surface area contributed by atoms with Gasteiger partial charge in [-0.2, -0.15) is 0 Å². The van der Waals surface area contributed by atoms with Gasteiger partial charge in [0.15, 0.2) is 0 Å². The average Bonchev–Trinajstić information content (AvgIpc) is 2.98. The average molecular weight is 252 g/mol. The van der Waals surface area contributed by atoms with Crippen LogP contribution in [0.2, 0.25) is 0 Å². The van der Waals surface area contributed by atoms with Crippen LogP contribution in [0.4, 0.5) is 0 Å². The minimum atomic E-state index is 0.394. The molecule has 0 amide bonds. The maximum atomic E-state index is 6.08. The zero-order chi connectivity index (χ0) is 12.5. The van der Waals surface area contributed by atoms with E-state index in [0.29, 0.717) is 18.2 Å². The summed E-state index contributed by atoms with van der Waals surface area (Å²) in [5.74, 6) is 0.951. The second-order valence-electron chi connectivity index (χ2n) is 6.50. The van der Waals surface area contributed by atoms with Crippen molar-refractivity contribution in [2.45, 2.75) is 76.2 Å². The van der Waals surface area contributed by atoms with E-state index in [4.69, 9.17) is 10.5 Å². The Hall–Kier alpha value is -0.120. The molecular formula is C15H28N2O. The van der Waals surface area contributed by atoms with Gasteiger partial charge in [-0.15, -0.1) is 0 Å². The van der Waals surface area contributed by atoms with Gasteiger partial charge >= 0.3 is 0 Å². The Kier molecular flexibility index (Phi) is 3.92. The van der Waals surface area contributed by atoms with Gasteiger partial charge in [-0.05, 0) is 51.5 Å². The van der Waals surface area contributed by atoms with Crippen molar-refractivity contribution in [1.82, 2.24) is 4.90 Å². The summed E-state index contributed by atoms with van der Waals surface area (Å²) in [6, 6.07) is 1.29. The standard InChI is InChI=1S/C15H28N2O/c1-11-6-7-15(18-11)14(10-16)17-9-8-12-4-2-3-5-13(12)17/h11-15H,2-10,16H2,1H3. The fraction of sp³-hybridized carbons (Fsp3) is 1.00. The first-order valence-electron chi connectivity index (χ1n) is 7.91. The number of nitrogens with zero attached hydrogens (tertiary/aromatic N) is 1. The molecule has 18 heavy (non-hydrogen) atoms. The molecule has 1 saturated carbocycles. The summed E-state index contributed by atoms with van der Waals surface area (Å²) in [5.41, 5.74) is 6.08. The molecule has 0 spiro atoms. The van der Waals surface area contributed by atoms with Crippen molar-refractivity contribution in [3.8, 4) is 0 Å². The molecule has 3 fully saturated rings. The first kappa shape index (κ1) is 12.9. The Morgan fingerprint density at radius 2 is 2.00 bits per heavy atom. The highest BCUT2D eigenvalue weighted by molar-refractivity contribution is 4.96. The van der Waals surface area contributed by atoms with Gasteiger partial charge in [-0.3, -0.25) is 4.90 Å². The van der Waals surface area contributed by atoms with Crippen molar-refractivity contribution >= 4 is 0 Å². The third-order valence-corrected chi connectivity index (χ3v) is 5.41. The van der Waals surface area contributed by atoms with Crippen LogP contribution in [0.3, 0.4) is 0 Å². The van der Waals surface area contributed by atoms with E-state index in [1.807, 2.05) is 0 Å². The lowest BCUT2D eigenvalue weighted by Gasteiger charge is -2.39. The number of hydrogen-bond donors (Lipinski definition) is 1. The molecule has 0 aromatic carbocycles. The summed E-state index contributed by atoms with van der Waals surface area (Å²) < 4.78 is 6.08. The molecule has 3 aliphatic rings. The molecule has 3 nitrogen and oxygen atoms in total. The van der Waals surface area contributed by atoms with E-state index in [-0.39, 0.29) is 0 Å². The number of rotatable bonds is 3. The summed E-state index contributed by atoms with van der Waals surface area (Å²) in [5, 5.41) is 0. The maximum Gasteiger partial charge on any atom is 0.0747 e. The van der Waals surface area contributed by atoms with Crippen LogP contribution < -0.4 is 5.73 Å². The first-order valence-corrected chi connectivity index (χ1v) is 7.91. The molecule has 0 aromatic rings. The molecule has 1 aliphatic carbocycles. The number of likely N-dealkylation sites (tertiary alicyclic amines) is 1. The van der Waals surface area contributed by atoms with Crippen molar-refractivity contribution in [1.29, 1.82) is 0 Å². The van der Waals surface area contributed by atoms with E-state index in [1.165, 1.54) is 51.5 Å². The highest BCUT2D eigenvalue weighted by Gasteiger charge is 2.42. The Bertz CT molecular complexity index is 284. The SMILES string of the molecule is CC1CCC(C(CN)N2CCC3CCCCC32)O1. The molecule has 5 atom stereocenters. The van der Waals surface area contributed by atoms with Crippen molar-refractivity contribution in [2.24, 2.45) is 11.7 Å². The van der Waals surface area contributed by atoms with Gasteiger partial charge < -0.3 is 10.5 Å². The van der Waals surface area contributed by atoms with E-state index in [9.17, 15) is 0 Å². The minimum Gasteiger partial charge on any atom is -0.374 e. The van der Waals surface area contributed by atoms with Gasteiger partial charge in [0.05, 0.1) is 12.2 Å². The molecule has 2 N–H and O–H groups in total. The molecule has 0 bridgehead atoms. The lowest BCUT2D eigenvalue weighted by Crippen LogP contribution is -2.51. The number of hydrogen-bond acceptors (Lipinski definition) is 3. The van der Waals surface area contributed by atoms with Crippen LogP contribution in [0.15, 0.2) is 0 Å². The fourth-order valence-corrected chi connectivity index (χ4v) is 4.47. The number of fused-ring (bicyclic) bond motifs is 1. The predicted molar refractivity (Wildman–Crippen MR) is 73.5 cm³/mol. The summed E-state index contributed by atoms with van der Waals surface area (Å²) in [6.45, 7) is 4.22. The monoisotopic (exact) mass is 252 g/mol. The minimum absolute atomic E-state index is 0.394. The Morgan fingerprint density at radius 3 is 2.72 bits per heavy atom. The van der Waals surface area contributed by atoms with Gasteiger partial charge in [0, 0.05) is 18.6 Å². The molecular weight excluding hydrogens is 224 g/mol. The van der Waals surface area contributed by atoms with Gasteiger partial charge in [0.25, 0.3) is 0 Å². The lowest BCUT2D eigenvalue weighted by atomic mass is 9.84. The van der Waals surface area contributed by atoms with E-state index < -0.39 is 0 Å². The van der Waals surface area contributed by atoms with Crippen molar-refractivity contribution in [3.63, 3.8) is 0 Å². The van der Waals surface area contributed by atoms with Gasteiger partial charge in [-0.25, -0.2) is 0 Å². The van der Waals surface area contributed by atoms with E-state index >= 15 is 0 Å². The van der Waals surface area contributed by atoms with Crippen molar-refractivity contribution in [3.05, 3.63) is 0 Å². The van der Waals surface area contributed by atoms with Gasteiger partial charge in [0.2, 0.25) is 0 Å². The molecule has 2 aliphatic heterocycles. The molecule has 0 radical (unpaired) electrons. The zero-order valence-electron chi connectivity index (χ0n) is 11.7. The summed E-state index contributed by atoms with van der Waals surface area (Å²) in [4.78, 5) is 2.71. The van der Waals surface area contributed by atoms with Crippen LogP contribution in [0.25, 0.3) is 0 Å². The van der Waals surface area contributed by atoms with Gasteiger partial charge in [0.1, 0.15) is 0 Å². The zero-order valence-corrected chi connectivity index (χ0v) is 11.7. The molecule has 0 aromatic heterocycles. The van der Waals surface area contributed by atoms with Crippen LogP contribution >= 0.6 is 0 Å². The normalized spacial score (nSPS) is 43.0. The second-order valence-corrected chi connectivity index (χ2v) is 6.50. The molecule has 2 saturated heterocycles. The van der Waals surface area contributed by atoms with Crippen LogP contribution in [-0.4, -0.2) is 42.3 Å². The molecule has 2 heterocycles. The number of ether oxygens (including phenoxy) is 1. The molecule has 3 heteroatoms. The smallest absolute Gasteiger partial charge is 0.0747 e. The molecule has 5 unspecified atom stereocenters. The molecule has 3 rings (SSSR count). The van der Waals surface area contributed by atoms with E-state index in [0.717, 1.165) is 18.5 Å². The third-order valence-electron chi connectivity index (χ3n) is 5.41. The van der Waals surface area contributed by atoms with Crippen molar-refractivity contribution in [2.75, 3.05) is 13.1 Å².